The monoisotopic (exact) mass is 507 g/mol. The van der Waals surface area contributed by atoms with Gasteiger partial charge in [-0.1, -0.05) is 18.2 Å². The van der Waals surface area contributed by atoms with Gasteiger partial charge < -0.3 is 47.1 Å². The van der Waals surface area contributed by atoms with Crippen molar-refractivity contribution in [1.82, 2.24) is 20.9 Å². The molecule has 0 aliphatic rings. The Morgan fingerprint density at radius 2 is 1.44 bits per heavy atom. The maximum Gasteiger partial charge on any atom is 0.328 e. The lowest BCUT2D eigenvalue weighted by atomic mass is 10.0. The van der Waals surface area contributed by atoms with Gasteiger partial charge in [-0.15, -0.1) is 0 Å². The van der Waals surface area contributed by atoms with Crippen LogP contribution in [0.5, 0.6) is 0 Å². The van der Waals surface area contributed by atoms with Crippen LogP contribution < -0.4 is 21.7 Å². The quantitative estimate of drug-likeness (QED) is 0.129. The van der Waals surface area contributed by atoms with Gasteiger partial charge in [0.2, 0.25) is 17.7 Å². The standard InChI is InChI=1S/C22H29N5O9/c23-13(5-6-18(30)31)19(32)25-15(7-11-8-24-14-4-2-1-3-12(11)14)20(33)26-16(9-28)21(34)27-17(10-29)22(35)36/h1-4,8,13,15-17,24,28-29H,5-7,9-10,23H2,(H,25,32)(H,26,33)(H,27,34)(H,30,31)(H,35,36). The van der Waals surface area contributed by atoms with E-state index in [2.05, 4.69) is 15.6 Å². The predicted octanol–water partition coefficient (Wildman–Crippen LogP) is -2.57. The summed E-state index contributed by atoms with van der Waals surface area (Å²) >= 11 is 0. The number of carboxylic acids is 2. The number of carbonyl (C=O) groups excluding carboxylic acids is 3. The van der Waals surface area contributed by atoms with Crippen molar-refractivity contribution < 1.29 is 44.4 Å². The highest BCUT2D eigenvalue weighted by Crippen LogP contribution is 2.19. The van der Waals surface area contributed by atoms with Crippen LogP contribution in [0.3, 0.4) is 0 Å². The molecule has 10 N–H and O–H groups in total. The van der Waals surface area contributed by atoms with E-state index in [4.69, 9.17) is 21.1 Å². The average molecular weight is 508 g/mol. The highest BCUT2D eigenvalue weighted by molar-refractivity contribution is 5.95. The fraction of sp³-hybridized carbons (Fsp3) is 0.409. The molecule has 14 nitrogen and oxygen atoms in total. The van der Waals surface area contributed by atoms with Gasteiger partial charge in [-0.05, 0) is 18.1 Å². The zero-order valence-corrected chi connectivity index (χ0v) is 19.1. The molecule has 0 fully saturated rings. The number of aliphatic hydroxyl groups excluding tert-OH is 2. The van der Waals surface area contributed by atoms with Gasteiger partial charge in [0.25, 0.3) is 0 Å². The van der Waals surface area contributed by atoms with Gasteiger partial charge in [0.15, 0.2) is 0 Å². The van der Waals surface area contributed by atoms with Gasteiger partial charge in [0.1, 0.15) is 18.1 Å². The van der Waals surface area contributed by atoms with Crippen molar-refractivity contribution in [3.63, 3.8) is 0 Å². The van der Waals surface area contributed by atoms with Crippen LogP contribution in [0.4, 0.5) is 0 Å². The van der Waals surface area contributed by atoms with E-state index >= 15 is 0 Å². The van der Waals surface area contributed by atoms with Crippen LogP contribution in [0, 0.1) is 0 Å². The first-order chi connectivity index (χ1) is 17.1. The Kier molecular flexibility index (Phi) is 10.3. The number of para-hydroxylation sites is 1. The first-order valence-corrected chi connectivity index (χ1v) is 10.9. The van der Waals surface area contributed by atoms with Crippen molar-refractivity contribution in [3.8, 4) is 0 Å². The molecule has 0 aliphatic heterocycles. The molecule has 36 heavy (non-hydrogen) atoms. The summed E-state index contributed by atoms with van der Waals surface area (Å²) in [6, 6.07) is 1.42. The second-order valence-electron chi connectivity index (χ2n) is 7.99. The van der Waals surface area contributed by atoms with Gasteiger partial charge in [0, 0.05) is 29.9 Å². The molecule has 2 rings (SSSR count). The Morgan fingerprint density at radius 1 is 0.861 bits per heavy atom. The van der Waals surface area contributed by atoms with Gasteiger partial charge >= 0.3 is 11.9 Å². The summed E-state index contributed by atoms with van der Waals surface area (Å²) < 4.78 is 0. The predicted molar refractivity (Wildman–Crippen MR) is 124 cm³/mol. The van der Waals surface area contributed by atoms with E-state index in [1.165, 1.54) is 0 Å². The number of nitrogens with one attached hydrogen (secondary N) is 4. The summed E-state index contributed by atoms with van der Waals surface area (Å²) in [5.74, 6) is -5.42. The molecule has 4 atom stereocenters. The molecule has 196 valence electrons. The van der Waals surface area contributed by atoms with E-state index in [0.717, 1.165) is 10.9 Å². The molecule has 0 spiro atoms. The Labute approximate surface area is 204 Å². The first kappa shape index (κ1) is 28.2. The Bertz CT molecular complexity index is 1100. The lowest BCUT2D eigenvalue weighted by Crippen LogP contribution is -2.58. The van der Waals surface area contributed by atoms with E-state index in [9.17, 15) is 29.1 Å². The largest absolute Gasteiger partial charge is 0.481 e. The molecule has 14 heteroatoms. The maximum absolute atomic E-state index is 13.1. The number of aromatic nitrogens is 1. The number of aliphatic hydroxyl groups is 2. The molecule has 4 unspecified atom stereocenters. The maximum atomic E-state index is 13.1. The van der Waals surface area contributed by atoms with Gasteiger partial charge in [-0.3, -0.25) is 19.2 Å². The number of benzene rings is 1. The topological polar surface area (TPSA) is 244 Å². The molecule has 0 bridgehead atoms. The molecule has 0 aliphatic carbocycles. The van der Waals surface area contributed by atoms with Crippen molar-refractivity contribution in [3.05, 3.63) is 36.0 Å². The fourth-order valence-corrected chi connectivity index (χ4v) is 3.34. The van der Waals surface area contributed by atoms with E-state index in [-0.39, 0.29) is 19.3 Å². The lowest BCUT2D eigenvalue weighted by molar-refractivity contribution is -0.143. The summed E-state index contributed by atoms with van der Waals surface area (Å²) in [7, 11) is 0. The summed E-state index contributed by atoms with van der Waals surface area (Å²) in [5.41, 5.74) is 7.17. The Hall–Kier alpha value is -4.01. The summed E-state index contributed by atoms with van der Waals surface area (Å²) in [4.78, 5) is 62.9. The summed E-state index contributed by atoms with van der Waals surface area (Å²) in [5, 5.41) is 43.9. The second kappa shape index (κ2) is 13.2. The number of hydrogen-bond donors (Lipinski definition) is 9. The normalized spacial score (nSPS) is 14.3. The van der Waals surface area contributed by atoms with Crippen molar-refractivity contribution in [2.75, 3.05) is 13.2 Å². The van der Waals surface area contributed by atoms with Crippen LogP contribution in [0.2, 0.25) is 0 Å². The number of aliphatic carboxylic acids is 2. The third-order valence-electron chi connectivity index (χ3n) is 5.35. The van der Waals surface area contributed by atoms with E-state index in [1.54, 1.807) is 30.5 Å². The highest BCUT2D eigenvalue weighted by atomic mass is 16.4. The number of H-pyrrole nitrogens is 1. The fourth-order valence-electron chi connectivity index (χ4n) is 3.34. The van der Waals surface area contributed by atoms with E-state index in [0.29, 0.717) is 5.56 Å². The molecule has 1 aromatic carbocycles. The third-order valence-corrected chi connectivity index (χ3v) is 5.35. The number of rotatable bonds is 14. The van der Waals surface area contributed by atoms with Crippen LogP contribution in [0.1, 0.15) is 18.4 Å². The molecule has 0 radical (unpaired) electrons. The molecular weight excluding hydrogens is 478 g/mol. The molecule has 2 aromatic rings. The lowest BCUT2D eigenvalue weighted by Gasteiger charge is -2.24. The second-order valence-corrected chi connectivity index (χ2v) is 7.99. The highest BCUT2D eigenvalue weighted by Gasteiger charge is 2.30. The third kappa shape index (κ3) is 7.76. The van der Waals surface area contributed by atoms with Crippen LogP contribution in [0.25, 0.3) is 10.9 Å². The SMILES string of the molecule is NC(CCC(=O)O)C(=O)NC(Cc1c[nH]c2ccccc12)C(=O)NC(CO)C(=O)NC(CO)C(=O)O. The zero-order valence-electron chi connectivity index (χ0n) is 19.1. The van der Waals surface area contributed by atoms with Crippen LogP contribution in [-0.2, 0) is 30.4 Å². The van der Waals surface area contributed by atoms with Crippen LogP contribution in [-0.4, -0.2) is 92.5 Å². The van der Waals surface area contributed by atoms with Crippen molar-refractivity contribution in [1.29, 1.82) is 0 Å². The minimum Gasteiger partial charge on any atom is -0.481 e. The van der Waals surface area contributed by atoms with Crippen molar-refractivity contribution in [2.45, 2.75) is 43.4 Å². The van der Waals surface area contributed by atoms with Crippen LogP contribution in [0.15, 0.2) is 30.5 Å². The van der Waals surface area contributed by atoms with Crippen molar-refractivity contribution >= 4 is 40.6 Å². The number of carboxylic acid groups (broad SMARTS) is 2. The first-order valence-electron chi connectivity index (χ1n) is 10.9. The molecule has 0 saturated heterocycles. The zero-order chi connectivity index (χ0) is 26.8. The Balaban J connectivity index is 2.22. The molecular formula is C22H29N5O9. The van der Waals surface area contributed by atoms with Crippen LogP contribution >= 0.6 is 0 Å². The Morgan fingerprint density at radius 3 is 2.06 bits per heavy atom. The van der Waals surface area contributed by atoms with E-state index < -0.39 is 67.0 Å². The molecule has 1 heterocycles. The molecule has 1 aromatic heterocycles. The number of hydrogen-bond acceptors (Lipinski definition) is 8. The minimum absolute atomic E-state index is 0.0542. The summed E-state index contributed by atoms with van der Waals surface area (Å²) in [6.45, 7) is -1.82. The minimum atomic E-state index is -1.66. The number of amides is 3. The van der Waals surface area contributed by atoms with E-state index in [1.807, 2.05) is 5.32 Å². The van der Waals surface area contributed by atoms with Gasteiger partial charge in [0.05, 0.1) is 19.3 Å². The number of nitrogens with two attached hydrogens (primary N) is 1. The van der Waals surface area contributed by atoms with Gasteiger partial charge in [-0.2, -0.15) is 0 Å². The number of aromatic amines is 1. The van der Waals surface area contributed by atoms with Crippen molar-refractivity contribution in [2.24, 2.45) is 5.73 Å². The number of fused-ring (bicyclic) bond motifs is 1. The average Bonchev–Trinajstić information content (AvgIpc) is 3.25. The van der Waals surface area contributed by atoms with Gasteiger partial charge in [-0.25, -0.2) is 4.79 Å². The molecule has 3 amide bonds. The summed E-state index contributed by atoms with van der Waals surface area (Å²) in [6.07, 6.45) is 1.04. The molecule has 0 saturated carbocycles. The number of carbonyl (C=O) groups is 5. The smallest absolute Gasteiger partial charge is 0.328 e.